The predicted molar refractivity (Wildman–Crippen MR) is 92.0 cm³/mol. The molecule has 0 saturated heterocycles. The van der Waals surface area contributed by atoms with Gasteiger partial charge in [0.25, 0.3) is 0 Å². The smallest absolute Gasteiger partial charge is 0.435 e. The second-order valence-electron chi connectivity index (χ2n) is 6.37. The predicted octanol–water partition coefficient (Wildman–Crippen LogP) is 3.30. The molecule has 3 rings (SSSR count). The number of hydrogen-bond donors (Lipinski definition) is 1. The molecule has 0 atom stereocenters. The highest BCUT2D eigenvalue weighted by atomic mass is 32.2. The van der Waals surface area contributed by atoms with E-state index in [1.54, 1.807) is 6.92 Å². The van der Waals surface area contributed by atoms with Gasteiger partial charge in [0.05, 0.1) is 18.0 Å². The Balaban J connectivity index is 1.69. The Morgan fingerprint density at radius 3 is 2.57 bits per heavy atom. The van der Waals surface area contributed by atoms with E-state index in [1.807, 2.05) is 0 Å². The molecule has 6 nitrogen and oxygen atoms in total. The molecule has 1 aromatic carbocycles. The number of sulfonamides is 1. The maximum absolute atomic E-state index is 13.9. The van der Waals surface area contributed by atoms with E-state index in [-0.39, 0.29) is 36.3 Å². The van der Waals surface area contributed by atoms with Crippen LogP contribution in [-0.2, 0) is 22.7 Å². The third-order valence-corrected chi connectivity index (χ3v) is 5.69. The Hall–Kier alpha value is -2.14. The molecule has 0 aliphatic heterocycles. The molecule has 0 amide bonds. The van der Waals surface area contributed by atoms with Gasteiger partial charge in [0, 0.05) is 18.2 Å². The number of nitrogens with zero attached hydrogens (tertiary/aromatic N) is 2. The number of benzene rings is 1. The lowest BCUT2D eigenvalue weighted by Crippen LogP contribution is -2.28. The van der Waals surface area contributed by atoms with Crippen LogP contribution in [0.3, 0.4) is 0 Å². The molecular formula is C17H19F4N3O3S. The minimum absolute atomic E-state index is 0.0143. The molecule has 0 bridgehead atoms. The summed E-state index contributed by atoms with van der Waals surface area (Å²) in [4.78, 5) is -0.299. The van der Waals surface area contributed by atoms with Crippen molar-refractivity contribution in [3.8, 4) is 5.75 Å². The Bertz CT molecular complexity index is 953. The second kappa shape index (κ2) is 7.70. The Morgan fingerprint density at radius 1 is 1.29 bits per heavy atom. The summed E-state index contributed by atoms with van der Waals surface area (Å²) in [5, 5.41) is 3.56. The maximum Gasteiger partial charge on any atom is 0.435 e. The molecule has 1 fully saturated rings. The molecule has 0 unspecified atom stereocenters. The molecule has 1 N–H and O–H groups in total. The fourth-order valence-corrected chi connectivity index (χ4v) is 3.78. The zero-order valence-electron chi connectivity index (χ0n) is 15.0. The van der Waals surface area contributed by atoms with Crippen molar-refractivity contribution in [2.45, 2.75) is 43.3 Å². The Kier molecular flexibility index (Phi) is 5.67. The summed E-state index contributed by atoms with van der Waals surface area (Å²) in [6, 6.07) is 4.25. The number of halogens is 4. The van der Waals surface area contributed by atoms with Crippen LogP contribution in [0, 0.1) is 5.82 Å². The molecule has 2 aromatic rings. The third kappa shape index (κ3) is 4.64. The molecule has 1 aromatic heterocycles. The van der Waals surface area contributed by atoms with Crippen molar-refractivity contribution in [1.29, 1.82) is 0 Å². The van der Waals surface area contributed by atoms with Crippen LogP contribution in [0.25, 0.3) is 0 Å². The second-order valence-corrected chi connectivity index (χ2v) is 8.14. The SMILES string of the molecule is CCOc1ccc(S(=O)(=O)NCCn2nc(C(F)(F)F)cc2C2CC2)cc1F. The van der Waals surface area contributed by atoms with Crippen LogP contribution in [0.1, 0.15) is 37.1 Å². The minimum atomic E-state index is -4.56. The van der Waals surface area contributed by atoms with Gasteiger partial charge >= 0.3 is 6.18 Å². The Labute approximate surface area is 159 Å². The lowest BCUT2D eigenvalue weighted by atomic mass is 10.2. The van der Waals surface area contributed by atoms with E-state index >= 15 is 0 Å². The lowest BCUT2D eigenvalue weighted by Gasteiger charge is -2.10. The summed E-state index contributed by atoms with van der Waals surface area (Å²) < 4.78 is 85.6. The quantitative estimate of drug-likeness (QED) is 0.664. The zero-order valence-corrected chi connectivity index (χ0v) is 15.8. The van der Waals surface area contributed by atoms with Gasteiger partial charge in [-0.1, -0.05) is 0 Å². The lowest BCUT2D eigenvalue weighted by molar-refractivity contribution is -0.141. The highest BCUT2D eigenvalue weighted by Crippen LogP contribution is 2.42. The van der Waals surface area contributed by atoms with Crippen molar-refractivity contribution in [3.63, 3.8) is 0 Å². The molecule has 1 aliphatic carbocycles. The van der Waals surface area contributed by atoms with Gasteiger partial charge in [-0.05, 0) is 44.0 Å². The summed E-state index contributed by atoms with van der Waals surface area (Å²) >= 11 is 0. The number of ether oxygens (including phenoxy) is 1. The summed E-state index contributed by atoms with van der Waals surface area (Å²) in [7, 11) is -4.03. The van der Waals surface area contributed by atoms with Gasteiger partial charge in [0.1, 0.15) is 0 Å². The van der Waals surface area contributed by atoms with E-state index in [1.165, 1.54) is 16.8 Å². The molecule has 28 heavy (non-hydrogen) atoms. The molecular weight excluding hydrogens is 402 g/mol. The van der Waals surface area contributed by atoms with Crippen molar-refractivity contribution in [1.82, 2.24) is 14.5 Å². The van der Waals surface area contributed by atoms with E-state index in [0.29, 0.717) is 5.69 Å². The van der Waals surface area contributed by atoms with Gasteiger partial charge in [-0.25, -0.2) is 17.5 Å². The van der Waals surface area contributed by atoms with Crippen LogP contribution in [0.5, 0.6) is 5.75 Å². The summed E-state index contributed by atoms with van der Waals surface area (Å²) in [5.74, 6) is -0.866. The van der Waals surface area contributed by atoms with Crippen LogP contribution in [0.4, 0.5) is 17.6 Å². The van der Waals surface area contributed by atoms with Crippen molar-refractivity contribution in [2.75, 3.05) is 13.2 Å². The normalized spacial score (nSPS) is 15.0. The molecule has 1 heterocycles. The van der Waals surface area contributed by atoms with Crippen molar-refractivity contribution >= 4 is 10.0 Å². The highest BCUT2D eigenvalue weighted by Gasteiger charge is 2.37. The van der Waals surface area contributed by atoms with E-state index in [2.05, 4.69) is 9.82 Å². The van der Waals surface area contributed by atoms with Gasteiger partial charge in [-0.2, -0.15) is 18.3 Å². The van der Waals surface area contributed by atoms with Gasteiger partial charge in [-0.15, -0.1) is 0 Å². The van der Waals surface area contributed by atoms with Gasteiger partial charge in [0.2, 0.25) is 10.0 Å². The number of aromatic nitrogens is 2. The van der Waals surface area contributed by atoms with Crippen molar-refractivity contribution < 1.29 is 30.7 Å². The topological polar surface area (TPSA) is 73.2 Å². The number of hydrogen-bond acceptors (Lipinski definition) is 4. The average Bonchev–Trinajstić information content (AvgIpc) is 3.35. The van der Waals surface area contributed by atoms with E-state index < -0.39 is 27.7 Å². The van der Waals surface area contributed by atoms with Crippen molar-refractivity contribution in [2.24, 2.45) is 0 Å². The number of nitrogens with one attached hydrogen (secondary N) is 1. The first-order valence-electron chi connectivity index (χ1n) is 8.68. The van der Waals surface area contributed by atoms with Crippen LogP contribution in [0.15, 0.2) is 29.2 Å². The van der Waals surface area contributed by atoms with E-state index in [0.717, 1.165) is 25.0 Å². The molecule has 1 saturated carbocycles. The Morgan fingerprint density at radius 2 is 2.00 bits per heavy atom. The molecule has 0 radical (unpaired) electrons. The van der Waals surface area contributed by atoms with Gasteiger partial charge in [0.15, 0.2) is 17.3 Å². The molecule has 1 aliphatic rings. The van der Waals surface area contributed by atoms with Crippen LogP contribution in [-0.4, -0.2) is 31.3 Å². The fraction of sp³-hybridized carbons (Fsp3) is 0.471. The first kappa shape index (κ1) is 20.6. The van der Waals surface area contributed by atoms with E-state index in [4.69, 9.17) is 4.74 Å². The van der Waals surface area contributed by atoms with Crippen molar-refractivity contribution in [3.05, 3.63) is 41.5 Å². The zero-order chi connectivity index (χ0) is 20.5. The molecule has 154 valence electrons. The summed E-state index contributed by atoms with van der Waals surface area (Å²) in [6.45, 7) is 1.64. The minimum Gasteiger partial charge on any atom is -0.491 e. The van der Waals surface area contributed by atoms with Crippen LogP contribution in [0.2, 0.25) is 0 Å². The monoisotopic (exact) mass is 421 g/mol. The van der Waals surface area contributed by atoms with Gasteiger partial charge < -0.3 is 4.74 Å². The molecule has 0 spiro atoms. The number of rotatable bonds is 8. The van der Waals surface area contributed by atoms with Crippen LogP contribution < -0.4 is 9.46 Å². The summed E-state index contributed by atoms with van der Waals surface area (Å²) in [5.41, 5.74) is -0.551. The standard InChI is InChI=1S/C17H19F4N3O3S/c1-2-27-15-6-5-12(9-13(15)18)28(25,26)22-7-8-24-14(11-3-4-11)10-16(23-24)17(19,20)21/h5-6,9-11,22H,2-4,7-8H2,1H3. The first-order valence-corrected chi connectivity index (χ1v) is 10.2. The third-order valence-electron chi connectivity index (χ3n) is 4.23. The number of alkyl halides is 3. The molecule has 11 heteroatoms. The average molecular weight is 421 g/mol. The van der Waals surface area contributed by atoms with Gasteiger partial charge in [-0.3, -0.25) is 4.68 Å². The first-order chi connectivity index (χ1) is 13.1. The fourth-order valence-electron chi connectivity index (χ4n) is 2.75. The van der Waals surface area contributed by atoms with Crippen LogP contribution >= 0.6 is 0 Å². The largest absolute Gasteiger partial charge is 0.491 e. The summed E-state index contributed by atoms with van der Waals surface area (Å²) in [6.07, 6.45) is -3.01. The maximum atomic E-state index is 13.9. The highest BCUT2D eigenvalue weighted by molar-refractivity contribution is 7.89. The van der Waals surface area contributed by atoms with E-state index in [9.17, 15) is 26.0 Å².